The van der Waals surface area contributed by atoms with E-state index in [1.807, 2.05) is 13.0 Å². The van der Waals surface area contributed by atoms with E-state index in [1.165, 1.54) is 0 Å². The number of likely N-dealkylation sites (N-methyl/N-ethyl adjacent to an activating group) is 1. The first kappa shape index (κ1) is 15.5. The number of nitrogens with one attached hydrogen (secondary N) is 1. The van der Waals surface area contributed by atoms with E-state index >= 15 is 0 Å². The van der Waals surface area contributed by atoms with Gasteiger partial charge >= 0.3 is 0 Å². The summed E-state index contributed by atoms with van der Waals surface area (Å²) in [7, 11) is 1.71. The SMILES string of the molecule is CCN(C)C(=O)C(C)NC(=O)c1cccc(CCl)c1. The molecule has 1 atom stereocenters. The first-order valence-electron chi connectivity index (χ1n) is 6.20. The Balaban J connectivity index is 2.71. The van der Waals surface area contributed by atoms with Crippen molar-refractivity contribution < 1.29 is 9.59 Å². The summed E-state index contributed by atoms with van der Waals surface area (Å²) in [6.45, 7) is 4.18. The maximum Gasteiger partial charge on any atom is 0.251 e. The number of carbonyl (C=O) groups excluding carboxylic acids is 2. The molecule has 1 N–H and O–H groups in total. The van der Waals surface area contributed by atoms with Gasteiger partial charge in [-0.2, -0.15) is 0 Å². The van der Waals surface area contributed by atoms with Crippen LogP contribution in [-0.4, -0.2) is 36.3 Å². The van der Waals surface area contributed by atoms with E-state index in [0.717, 1.165) is 5.56 Å². The van der Waals surface area contributed by atoms with Crippen molar-refractivity contribution in [2.75, 3.05) is 13.6 Å². The van der Waals surface area contributed by atoms with Crippen LogP contribution in [-0.2, 0) is 10.7 Å². The zero-order chi connectivity index (χ0) is 14.4. The Labute approximate surface area is 118 Å². The third-order valence-corrected chi connectivity index (χ3v) is 3.22. The van der Waals surface area contributed by atoms with Crippen molar-refractivity contribution in [2.24, 2.45) is 0 Å². The van der Waals surface area contributed by atoms with Crippen LogP contribution in [0.1, 0.15) is 29.8 Å². The minimum Gasteiger partial charge on any atom is -0.344 e. The topological polar surface area (TPSA) is 49.4 Å². The number of halogens is 1. The van der Waals surface area contributed by atoms with E-state index in [-0.39, 0.29) is 11.8 Å². The fourth-order valence-electron chi connectivity index (χ4n) is 1.62. The lowest BCUT2D eigenvalue weighted by Crippen LogP contribution is -2.45. The van der Waals surface area contributed by atoms with Crippen LogP contribution in [0, 0.1) is 0 Å². The molecule has 1 aromatic carbocycles. The highest BCUT2D eigenvalue weighted by molar-refractivity contribution is 6.17. The molecule has 0 saturated carbocycles. The molecule has 0 radical (unpaired) electrons. The molecule has 0 aliphatic carbocycles. The maximum absolute atomic E-state index is 12.0. The van der Waals surface area contributed by atoms with Crippen LogP contribution in [0.4, 0.5) is 0 Å². The van der Waals surface area contributed by atoms with Crippen LogP contribution < -0.4 is 5.32 Å². The van der Waals surface area contributed by atoms with Gasteiger partial charge in [0.25, 0.3) is 5.91 Å². The molecule has 0 spiro atoms. The predicted octanol–water partition coefficient (Wildman–Crippen LogP) is 2.02. The molecule has 0 bridgehead atoms. The summed E-state index contributed by atoms with van der Waals surface area (Å²) in [4.78, 5) is 25.4. The summed E-state index contributed by atoms with van der Waals surface area (Å²) in [6, 6.07) is 6.51. The van der Waals surface area contributed by atoms with Gasteiger partial charge in [0.15, 0.2) is 0 Å². The number of rotatable bonds is 5. The molecule has 0 saturated heterocycles. The van der Waals surface area contributed by atoms with Gasteiger partial charge in [-0.25, -0.2) is 0 Å². The van der Waals surface area contributed by atoms with Crippen LogP contribution in [0.2, 0.25) is 0 Å². The number of benzene rings is 1. The Morgan fingerprint density at radius 2 is 2.11 bits per heavy atom. The molecule has 4 nitrogen and oxygen atoms in total. The molecular formula is C14H19ClN2O2. The summed E-state index contributed by atoms with van der Waals surface area (Å²) in [5.74, 6) is -0.0181. The summed E-state index contributed by atoms with van der Waals surface area (Å²) in [5.41, 5.74) is 1.39. The average molecular weight is 283 g/mol. The smallest absolute Gasteiger partial charge is 0.251 e. The molecule has 1 rings (SSSR count). The van der Waals surface area contributed by atoms with Crippen molar-refractivity contribution in [3.63, 3.8) is 0 Å². The second-order valence-electron chi connectivity index (χ2n) is 4.38. The first-order chi connectivity index (χ1) is 8.99. The summed E-state index contributed by atoms with van der Waals surface area (Å²) in [6.07, 6.45) is 0. The first-order valence-corrected chi connectivity index (χ1v) is 6.73. The van der Waals surface area contributed by atoms with E-state index in [4.69, 9.17) is 11.6 Å². The zero-order valence-electron chi connectivity index (χ0n) is 11.4. The maximum atomic E-state index is 12.0. The fraction of sp³-hybridized carbons (Fsp3) is 0.429. The van der Waals surface area contributed by atoms with Gasteiger partial charge < -0.3 is 10.2 Å². The highest BCUT2D eigenvalue weighted by Gasteiger charge is 2.19. The molecule has 0 aromatic heterocycles. The minimum absolute atomic E-state index is 0.107. The van der Waals surface area contributed by atoms with Gasteiger partial charge in [0.1, 0.15) is 6.04 Å². The molecule has 104 valence electrons. The van der Waals surface area contributed by atoms with Gasteiger partial charge in [-0.3, -0.25) is 9.59 Å². The van der Waals surface area contributed by atoms with Crippen molar-refractivity contribution in [2.45, 2.75) is 25.8 Å². The third kappa shape index (κ3) is 4.24. The normalized spacial score (nSPS) is 11.8. The molecule has 0 aliphatic heterocycles. The van der Waals surface area contributed by atoms with E-state index in [9.17, 15) is 9.59 Å². The van der Waals surface area contributed by atoms with Crippen LogP contribution in [0.5, 0.6) is 0 Å². The van der Waals surface area contributed by atoms with E-state index < -0.39 is 6.04 Å². The van der Waals surface area contributed by atoms with Gasteiger partial charge in [-0.05, 0) is 31.5 Å². The second-order valence-corrected chi connectivity index (χ2v) is 4.65. The number of hydrogen-bond acceptors (Lipinski definition) is 2. The Kier molecular flexibility index (Phi) is 5.83. The standard InChI is InChI=1S/C14H19ClN2O2/c1-4-17(3)14(19)10(2)16-13(18)12-7-5-6-11(8-12)9-15/h5-8,10H,4,9H2,1-3H3,(H,16,18). The molecule has 1 aromatic rings. The van der Waals surface area contributed by atoms with Gasteiger partial charge in [-0.15, -0.1) is 11.6 Å². The molecule has 5 heteroatoms. The number of alkyl halides is 1. The molecule has 2 amide bonds. The summed E-state index contributed by atoms with van der Waals surface area (Å²) in [5, 5.41) is 2.69. The molecular weight excluding hydrogens is 264 g/mol. The van der Waals surface area contributed by atoms with Gasteiger partial charge in [0, 0.05) is 25.0 Å². The lowest BCUT2D eigenvalue weighted by atomic mass is 10.1. The number of hydrogen-bond donors (Lipinski definition) is 1. The Hall–Kier alpha value is -1.55. The summed E-state index contributed by atoms with van der Waals surface area (Å²) >= 11 is 5.73. The van der Waals surface area contributed by atoms with Crippen molar-refractivity contribution in [3.8, 4) is 0 Å². The van der Waals surface area contributed by atoms with Crippen LogP contribution in [0.15, 0.2) is 24.3 Å². The molecule has 0 aliphatic rings. The molecule has 0 heterocycles. The van der Waals surface area contributed by atoms with Crippen LogP contribution in [0.3, 0.4) is 0 Å². The van der Waals surface area contributed by atoms with Gasteiger partial charge in [-0.1, -0.05) is 12.1 Å². The van der Waals surface area contributed by atoms with Crippen LogP contribution >= 0.6 is 11.6 Å². The van der Waals surface area contributed by atoms with Crippen LogP contribution in [0.25, 0.3) is 0 Å². The minimum atomic E-state index is -0.544. The number of amides is 2. The Morgan fingerprint density at radius 1 is 1.42 bits per heavy atom. The van der Waals surface area contributed by atoms with Gasteiger partial charge in [0.05, 0.1) is 0 Å². The van der Waals surface area contributed by atoms with Crippen molar-refractivity contribution in [1.82, 2.24) is 10.2 Å². The van der Waals surface area contributed by atoms with Crippen molar-refractivity contribution >= 4 is 23.4 Å². The number of carbonyl (C=O) groups is 2. The second kappa shape index (κ2) is 7.14. The Morgan fingerprint density at radius 3 is 2.68 bits per heavy atom. The number of nitrogens with zero attached hydrogens (tertiary/aromatic N) is 1. The highest BCUT2D eigenvalue weighted by atomic mass is 35.5. The third-order valence-electron chi connectivity index (χ3n) is 2.91. The Bertz CT molecular complexity index is 463. The van der Waals surface area contributed by atoms with Gasteiger partial charge in [0.2, 0.25) is 5.91 Å². The van der Waals surface area contributed by atoms with E-state index in [0.29, 0.717) is 18.0 Å². The molecule has 0 fully saturated rings. The molecule has 19 heavy (non-hydrogen) atoms. The lowest BCUT2D eigenvalue weighted by Gasteiger charge is -2.20. The monoisotopic (exact) mass is 282 g/mol. The quantitative estimate of drug-likeness (QED) is 0.840. The lowest BCUT2D eigenvalue weighted by molar-refractivity contribution is -0.131. The highest BCUT2D eigenvalue weighted by Crippen LogP contribution is 2.08. The zero-order valence-corrected chi connectivity index (χ0v) is 12.2. The van der Waals surface area contributed by atoms with E-state index in [1.54, 1.807) is 37.1 Å². The largest absolute Gasteiger partial charge is 0.344 e. The van der Waals surface area contributed by atoms with Crippen molar-refractivity contribution in [3.05, 3.63) is 35.4 Å². The van der Waals surface area contributed by atoms with Crippen molar-refractivity contribution in [1.29, 1.82) is 0 Å². The molecule has 1 unspecified atom stereocenters. The fourth-order valence-corrected chi connectivity index (χ4v) is 1.79. The average Bonchev–Trinajstić information content (AvgIpc) is 2.45. The predicted molar refractivity (Wildman–Crippen MR) is 76.2 cm³/mol. The summed E-state index contributed by atoms with van der Waals surface area (Å²) < 4.78 is 0. The van der Waals surface area contributed by atoms with E-state index in [2.05, 4.69) is 5.32 Å².